The van der Waals surface area contributed by atoms with Crippen molar-refractivity contribution in [2.24, 2.45) is 5.73 Å². The van der Waals surface area contributed by atoms with Crippen molar-refractivity contribution >= 4 is 23.3 Å². The first-order valence-electron chi connectivity index (χ1n) is 7.21. The van der Waals surface area contributed by atoms with Gasteiger partial charge in [-0.2, -0.15) is 0 Å². The lowest BCUT2D eigenvalue weighted by atomic mass is 10.1. The molecule has 0 unspecified atom stereocenters. The van der Waals surface area contributed by atoms with Crippen LogP contribution in [0.15, 0.2) is 23.6 Å². The molecule has 23 heavy (non-hydrogen) atoms. The third-order valence-electron chi connectivity index (χ3n) is 3.18. The molecule has 7 heteroatoms. The number of nitrogens with zero attached hydrogens (tertiary/aromatic N) is 1. The lowest BCUT2D eigenvalue weighted by Gasteiger charge is -2.04. The Balaban J connectivity index is 1.93. The molecule has 1 aromatic heterocycles. The molecule has 122 valence electrons. The minimum atomic E-state index is -0.589. The molecule has 2 aromatic rings. The number of ether oxygens (including phenoxy) is 1. The number of amides is 2. The van der Waals surface area contributed by atoms with Crippen LogP contribution in [-0.2, 0) is 4.74 Å². The van der Waals surface area contributed by atoms with E-state index in [1.807, 2.05) is 26.0 Å². The Morgan fingerprint density at radius 2 is 2.13 bits per heavy atom. The van der Waals surface area contributed by atoms with Crippen molar-refractivity contribution < 1.29 is 14.3 Å². The van der Waals surface area contributed by atoms with E-state index >= 15 is 0 Å². The van der Waals surface area contributed by atoms with Gasteiger partial charge in [0, 0.05) is 17.5 Å². The second-order valence-corrected chi connectivity index (χ2v) is 5.99. The predicted octanol–water partition coefficient (Wildman–Crippen LogP) is 2.64. The number of esters is 1. The highest BCUT2D eigenvalue weighted by Gasteiger charge is 2.14. The number of benzene rings is 1. The van der Waals surface area contributed by atoms with Crippen molar-refractivity contribution in [1.29, 1.82) is 0 Å². The molecule has 3 N–H and O–H groups in total. The quantitative estimate of drug-likeness (QED) is 0.627. The molecular formula is C16H19N3O3S. The van der Waals surface area contributed by atoms with E-state index in [4.69, 9.17) is 10.5 Å². The Labute approximate surface area is 138 Å². The number of nitrogens with one attached hydrogen (secondary N) is 1. The zero-order valence-corrected chi connectivity index (χ0v) is 13.9. The summed E-state index contributed by atoms with van der Waals surface area (Å²) in [4.78, 5) is 26.8. The fourth-order valence-electron chi connectivity index (χ4n) is 2.07. The highest BCUT2D eigenvalue weighted by atomic mass is 32.1. The first kappa shape index (κ1) is 17.0. The minimum Gasteiger partial charge on any atom is -0.461 e. The zero-order valence-electron chi connectivity index (χ0n) is 13.1. The van der Waals surface area contributed by atoms with Crippen LogP contribution in [0.25, 0.3) is 10.6 Å². The summed E-state index contributed by atoms with van der Waals surface area (Å²) >= 11 is 1.41. The highest BCUT2D eigenvalue weighted by Crippen LogP contribution is 2.27. The first-order valence-corrected chi connectivity index (χ1v) is 8.09. The number of thiazole rings is 1. The number of primary amides is 1. The van der Waals surface area contributed by atoms with Crippen molar-refractivity contribution in [3.05, 3.63) is 40.4 Å². The Morgan fingerprint density at radius 1 is 1.35 bits per heavy atom. The normalized spacial score (nSPS) is 10.3. The van der Waals surface area contributed by atoms with E-state index in [0.717, 1.165) is 16.1 Å². The maximum absolute atomic E-state index is 11.9. The molecule has 0 aliphatic heterocycles. The average molecular weight is 333 g/mol. The van der Waals surface area contributed by atoms with Crippen LogP contribution >= 0.6 is 11.3 Å². The smallest absolute Gasteiger partial charge is 0.357 e. The van der Waals surface area contributed by atoms with Crippen LogP contribution in [0.5, 0.6) is 0 Å². The van der Waals surface area contributed by atoms with Crippen molar-refractivity contribution in [1.82, 2.24) is 10.3 Å². The average Bonchev–Trinajstić information content (AvgIpc) is 2.96. The van der Waals surface area contributed by atoms with Gasteiger partial charge < -0.3 is 15.8 Å². The van der Waals surface area contributed by atoms with E-state index in [2.05, 4.69) is 16.4 Å². The number of nitrogens with two attached hydrogens (primary N) is 1. The molecule has 0 aliphatic rings. The molecule has 0 saturated carbocycles. The van der Waals surface area contributed by atoms with Crippen LogP contribution in [-0.4, -0.2) is 30.1 Å². The van der Waals surface area contributed by atoms with Gasteiger partial charge >= 0.3 is 12.0 Å². The van der Waals surface area contributed by atoms with E-state index in [1.54, 1.807) is 5.38 Å². The second kappa shape index (κ2) is 7.73. The molecular weight excluding hydrogens is 314 g/mol. The first-order chi connectivity index (χ1) is 11.0. The number of urea groups is 1. The summed E-state index contributed by atoms with van der Waals surface area (Å²) in [5.74, 6) is -0.462. The van der Waals surface area contributed by atoms with Crippen LogP contribution in [0.1, 0.15) is 28.0 Å². The summed E-state index contributed by atoms with van der Waals surface area (Å²) in [6.07, 6.45) is 0.503. The summed E-state index contributed by atoms with van der Waals surface area (Å²) in [7, 11) is 0. The molecule has 1 heterocycles. The molecule has 0 fully saturated rings. The van der Waals surface area contributed by atoms with Crippen molar-refractivity contribution in [2.75, 3.05) is 13.2 Å². The topological polar surface area (TPSA) is 94.3 Å². The fraction of sp³-hybridized carbons (Fsp3) is 0.312. The number of hydrogen-bond acceptors (Lipinski definition) is 5. The Hall–Kier alpha value is -2.41. The Bertz CT molecular complexity index is 712. The van der Waals surface area contributed by atoms with Gasteiger partial charge in [-0.1, -0.05) is 23.8 Å². The number of carbonyl (C=O) groups excluding carboxylic acids is 2. The van der Waals surface area contributed by atoms with Crippen molar-refractivity contribution in [3.63, 3.8) is 0 Å². The van der Waals surface area contributed by atoms with Gasteiger partial charge in [-0.15, -0.1) is 11.3 Å². The van der Waals surface area contributed by atoms with Gasteiger partial charge in [-0.05, 0) is 25.8 Å². The molecule has 0 atom stereocenters. The molecule has 0 bridgehead atoms. The molecule has 0 aliphatic carbocycles. The van der Waals surface area contributed by atoms with Crippen LogP contribution in [0.3, 0.4) is 0 Å². The summed E-state index contributed by atoms with van der Waals surface area (Å²) in [6.45, 7) is 4.63. The Morgan fingerprint density at radius 3 is 2.83 bits per heavy atom. The van der Waals surface area contributed by atoms with Crippen LogP contribution in [0.4, 0.5) is 4.79 Å². The van der Waals surface area contributed by atoms with Gasteiger partial charge in [0.2, 0.25) is 0 Å². The van der Waals surface area contributed by atoms with E-state index in [1.165, 1.54) is 16.9 Å². The van der Waals surface area contributed by atoms with Crippen LogP contribution < -0.4 is 11.1 Å². The van der Waals surface area contributed by atoms with E-state index in [9.17, 15) is 9.59 Å². The summed E-state index contributed by atoms with van der Waals surface area (Å²) in [5.41, 5.74) is 8.57. The SMILES string of the molecule is Cc1ccc(-c2nc(C(=O)OCCCNC(N)=O)cs2)c(C)c1. The number of hydrogen-bond donors (Lipinski definition) is 2. The van der Waals surface area contributed by atoms with Gasteiger partial charge in [0.1, 0.15) is 5.01 Å². The van der Waals surface area contributed by atoms with Gasteiger partial charge in [-0.3, -0.25) is 0 Å². The molecule has 0 saturated heterocycles. The van der Waals surface area contributed by atoms with Gasteiger partial charge in [-0.25, -0.2) is 14.6 Å². The molecule has 6 nitrogen and oxygen atoms in total. The molecule has 0 radical (unpaired) electrons. The highest BCUT2D eigenvalue weighted by molar-refractivity contribution is 7.13. The maximum Gasteiger partial charge on any atom is 0.357 e. The number of rotatable bonds is 6. The lowest BCUT2D eigenvalue weighted by molar-refractivity contribution is 0.0496. The molecule has 0 spiro atoms. The van der Waals surface area contributed by atoms with Gasteiger partial charge in [0.05, 0.1) is 6.61 Å². The largest absolute Gasteiger partial charge is 0.461 e. The maximum atomic E-state index is 11.9. The van der Waals surface area contributed by atoms with Crippen molar-refractivity contribution in [3.8, 4) is 10.6 Å². The summed E-state index contributed by atoms with van der Waals surface area (Å²) in [5, 5.41) is 4.92. The summed E-state index contributed by atoms with van der Waals surface area (Å²) in [6, 6.07) is 5.52. The van der Waals surface area contributed by atoms with E-state index < -0.39 is 12.0 Å². The van der Waals surface area contributed by atoms with Gasteiger partial charge in [0.15, 0.2) is 5.69 Å². The number of aryl methyl sites for hydroxylation is 2. The lowest BCUT2D eigenvalue weighted by Crippen LogP contribution is -2.30. The Kier molecular flexibility index (Phi) is 5.70. The van der Waals surface area contributed by atoms with Crippen molar-refractivity contribution in [2.45, 2.75) is 20.3 Å². The standard InChI is InChI=1S/C16H19N3O3S/c1-10-4-5-12(11(2)8-10)14-19-13(9-23-14)15(20)22-7-3-6-18-16(17)21/h4-5,8-9H,3,6-7H2,1-2H3,(H3,17,18,21). The van der Waals surface area contributed by atoms with E-state index in [0.29, 0.717) is 18.7 Å². The fourth-order valence-corrected chi connectivity index (χ4v) is 2.95. The zero-order chi connectivity index (χ0) is 16.8. The molecule has 2 amide bonds. The molecule has 1 aromatic carbocycles. The molecule has 2 rings (SSSR count). The van der Waals surface area contributed by atoms with Gasteiger partial charge in [0.25, 0.3) is 0 Å². The third kappa shape index (κ3) is 4.79. The third-order valence-corrected chi connectivity index (χ3v) is 4.05. The minimum absolute atomic E-state index is 0.204. The number of carbonyl (C=O) groups is 2. The van der Waals surface area contributed by atoms with Crippen LogP contribution in [0.2, 0.25) is 0 Å². The predicted molar refractivity (Wildman–Crippen MR) is 89.5 cm³/mol. The van der Waals surface area contributed by atoms with E-state index in [-0.39, 0.29) is 6.61 Å². The second-order valence-electron chi connectivity index (χ2n) is 5.14. The van der Waals surface area contributed by atoms with Crippen LogP contribution in [0, 0.1) is 13.8 Å². The summed E-state index contributed by atoms with van der Waals surface area (Å²) < 4.78 is 5.12. The number of aromatic nitrogens is 1. The monoisotopic (exact) mass is 333 g/mol.